The average molecular weight is 345 g/mol. The Balaban J connectivity index is 4.75. The molecule has 0 aliphatic rings. The van der Waals surface area contributed by atoms with E-state index in [1.807, 2.05) is 19.3 Å². The number of carbonyl (C=O) groups excluding carboxylic acids is 2. The van der Waals surface area contributed by atoms with Crippen LogP contribution in [0.25, 0.3) is 0 Å². The van der Waals surface area contributed by atoms with Crippen molar-refractivity contribution in [1.29, 1.82) is 0 Å². The molecule has 0 heterocycles. The molecule has 24 heavy (non-hydrogen) atoms. The third-order valence-electron chi connectivity index (χ3n) is 3.02. The number of hydrazine groups is 1. The van der Waals surface area contributed by atoms with Crippen LogP contribution in [0.15, 0.2) is 4.99 Å². The number of nitrogens with one attached hydrogen (secondary N) is 3. The molecular weight excluding hydrogens is 318 g/mol. The van der Waals surface area contributed by atoms with Gasteiger partial charge in [-0.1, -0.05) is 13.8 Å². The van der Waals surface area contributed by atoms with Gasteiger partial charge in [0.2, 0.25) is 5.91 Å². The smallest absolute Gasteiger partial charge is 0.329 e. The van der Waals surface area contributed by atoms with Crippen molar-refractivity contribution >= 4 is 23.9 Å². The fraction of sp³-hybridized carbons (Fsp3) is 0.692. The van der Waals surface area contributed by atoms with Crippen LogP contribution in [0.1, 0.15) is 33.1 Å². The summed E-state index contributed by atoms with van der Waals surface area (Å²) >= 11 is 0. The highest BCUT2D eigenvalue weighted by Crippen LogP contribution is 2.07. The number of aliphatic carboxylic acids is 1. The van der Waals surface area contributed by atoms with Gasteiger partial charge in [-0.05, 0) is 25.2 Å². The van der Waals surface area contributed by atoms with Gasteiger partial charge >= 0.3 is 12.0 Å². The molecule has 138 valence electrons. The summed E-state index contributed by atoms with van der Waals surface area (Å²) in [4.78, 5) is 38.6. The quantitative estimate of drug-likeness (QED) is 0.0604. The van der Waals surface area contributed by atoms with Gasteiger partial charge in [0.25, 0.3) is 0 Å². The summed E-state index contributed by atoms with van der Waals surface area (Å²) in [6, 6.07) is -2.73. The van der Waals surface area contributed by atoms with E-state index in [1.54, 1.807) is 0 Å². The normalized spacial score (nSPS) is 12.8. The van der Waals surface area contributed by atoms with E-state index in [0.29, 0.717) is 12.8 Å². The number of hydrogen-bond donors (Lipinski definition) is 7. The number of carboxylic acid groups (broad SMARTS) is 1. The van der Waals surface area contributed by atoms with Crippen molar-refractivity contribution in [3.8, 4) is 0 Å². The molecule has 0 spiro atoms. The molecule has 0 unspecified atom stereocenters. The molecule has 0 aromatic rings. The molecule has 3 amide bonds. The maximum Gasteiger partial charge on any atom is 0.329 e. The van der Waals surface area contributed by atoms with Crippen LogP contribution < -0.4 is 33.4 Å². The van der Waals surface area contributed by atoms with Gasteiger partial charge in [0.15, 0.2) is 5.96 Å². The fourth-order valence-corrected chi connectivity index (χ4v) is 1.94. The highest BCUT2D eigenvalue weighted by atomic mass is 16.4. The van der Waals surface area contributed by atoms with E-state index in [9.17, 15) is 19.5 Å². The van der Waals surface area contributed by atoms with Gasteiger partial charge in [-0.2, -0.15) is 0 Å². The number of carbonyl (C=O) groups is 3. The molecule has 0 aliphatic carbocycles. The molecule has 10 N–H and O–H groups in total. The molecule has 0 aliphatic heterocycles. The molecule has 11 nitrogen and oxygen atoms in total. The maximum absolute atomic E-state index is 12.3. The van der Waals surface area contributed by atoms with E-state index in [4.69, 9.17) is 17.3 Å². The second kappa shape index (κ2) is 11.0. The van der Waals surface area contributed by atoms with Crippen LogP contribution in [-0.2, 0) is 9.59 Å². The Morgan fingerprint density at radius 1 is 1.12 bits per heavy atom. The summed E-state index contributed by atoms with van der Waals surface area (Å²) in [6.45, 7) is 3.99. The second-order valence-corrected chi connectivity index (χ2v) is 5.65. The van der Waals surface area contributed by atoms with Crippen molar-refractivity contribution in [3.63, 3.8) is 0 Å². The number of guanidine groups is 1. The summed E-state index contributed by atoms with van der Waals surface area (Å²) in [5.74, 6) is 3.23. The first-order valence-electron chi connectivity index (χ1n) is 7.53. The summed E-state index contributed by atoms with van der Waals surface area (Å²) < 4.78 is 0. The maximum atomic E-state index is 12.3. The van der Waals surface area contributed by atoms with Crippen molar-refractivity contribution in [2.24, 2.45) is 28.2 Å². The Kier molecular flexibility index (Phi) is 9.87. The topological polar surface area (TPSA) is 198 Å². The van der Waals surface area contributed by atoms with E-state index < -0.39 is 30.0 Å². The minimum Gasteiger partial charge on any atom is -0.480 e. The number of carboxylic acids is 1. The summed E-state index contributed by atoms with van der Waals surface area (Å²) in [5, 5.41) is 14.0. The van der Waals surface area contributed by atoms with Crippen molar-refractivity contribution in [2.45, 2.75) is 45.2 Å². The van der Waals surface area contributed by atoms with E-state index in [-0.39, 0.29) is 24.8 Å². The fourth-order valence-electron chi connectivity index (χ4n) is 1.94. The zero-order valence-corrected chi connectivity index (χ0v) is 13.9. The first kappa shape index (κ1) is 21.4. The van der Waals surface area contributed by atoms with Crippen molar-refractivity contribution in [3.05, 3.63) is 0 Å². The first-order chi connectivity index (χ1) is 11.2. The molecule has 11 heteroatoms. The van der Waals surface area contributed by atoms with Gasteiger partial charge in [0.05, 0.1) is 0 Å². The number of aliphatic imine (C=N–C) groups is 1. The van der Waals surface area contributed by atoms with Crippen molar-refractivity contribution in [2.75, 3.05) is 6.54 Å². The molecule has 0 aromatic heterocycles. The lowest BCUT2D eigenvalue weighted by atomic mass is 10.0. The number of amides is 3. The van der Waals surface area contributed by atoms with Crippen LogP contribution in [0.3, 0.4) is 0 Å². The molecule has 0 fully saturated rings. The lowest BCUT2D eigenvalue weighted by Crippen LogP contribution is -2.54. The zero-order chi connectivity index (χ0) is 18.7. The first-order valence-corrected chi connectivity index (χ1v) is 7.53. The monoisotopic (exact) mass is 345 g/mol. The standard InChI is InChI=1S/C13H27N7O4/c1-7(2)6-9(19-13(24)20-16)10(21)18-8(11(22)23)4-3-5-17-12(14)15/h7-9H,3-6,16H2,1-2H3,(H,18,21)(H,22,23)(H4,14,15,17)(H2,19,20,24)/t8-,9-/m0/s1. The van der Waals surface area contributed by atoms with Gasteiger partial charge < -0.3 is 27.2 Å². The molecule has 0 radical (unpaired) electrons. The van der Waals surface area contributed by atoms with Crippen LogP contribution in [0.4, 0.5) is 4.79 Å². The van der Waals surface area contributed by atoms with Crippen LogP contribution in [-0.4, -0.2) is 47.6 Å². The lowest BCUT2D eigenvalue weighted by Gasteiger charge is -2.22. The highest BCUT2D eigenvalue weighted by Gasteiger charge is 2.26. The Bertz CT molecular complexity index is 463. The Morgan fingerprint density at radius 3 is 2.21 bits per heavy atom. The molecule has 0 aromatic carbocycles. The Hall–Kier alpha value is -2.56. The summed E-state index contributed by atoms with van der Waals surface area (Å²) in [5.41, 5.74) is 12.2. The van der Waals surface area contributed by atoms with Crippen molar-refractivity contribution in [1.82, 2.24) is 16.1 Å². The third kappa shape index (κ3) is 9.46. The minimum absolute atomic E-state index is 0.0834. The molecule has 0 saturated heterocycles. The van der Waals surface area contributed by atoms with Crippen LogP contribution in [0, 0.1) is 5.92 Å². The molecule has 0 bridgehead atoms. The third-order valence-corrected chi connectivity index (χ3v) is 3.02. The van der Waals surface area contributed by atoms with Crippen LogP contribution >= 0.6 is 0 Å². The molecular formula is C13H27N7O4. The summed E-state index contributed by atoms with van der Waals surface area (Å²) in [6.07, 6.45) is 0.857. The zero-order valence-electron chi connectivity index (χ0n) is 13.9. The lowest BCUT2D eigenvalue weighted by molar-refractivity contribution is -0.142. The van der Waals surface area contributed by atoms with Gasteiger partial charge in [0, 0.05) is 6.54 Å². The molecule has 0 rings (SSSR count). The molecule has 2 atom stereocenters. The van der Waals surface area contributed by atoms with E-state index >= 15 is 0 Å². The summed E-state index contributed by atoms with van der Waals surface area (Å²) in [7, 11) is 0. The van der Waals surface area contributed by atoms with Gasteiger partial charge in [-0.15, -0.1) is 0 Å². The number of rotatable bonds is 10. The Morgan fingerprint density at radius 2 is 1.75 bits per heavy atom. The SMILES string of the molecule is CC(C)C[C@H](NC(=O)NN)C(=O)N[C@@H](CCCN=C(N)N)C(=O)O. The van der Waals surface area contributed by atoms with Crippen LogP contribution in [0.2, 0.25) is 0 Å². The number of urea groups is 1. The highest BCUT2D eigenvalue weighted by molar-refractivity contribution is 5.89. The number of nitrogens with two attached hydrogens (primary N) is 3. The van der Waals surface area contributed by atoms with E-state index in [0.717, 1.165) is 0 Å². The largest absolute Gasteiger partial charge is 0.480 e. The molecule has 0 saturated carbocycles. The van der Waals surface area contributed by atoms with Gasteiger partial charge in [0.1, 0.15) is 12.1 Å². The van der Waals surface area contributed by atoms with E-state index in [1.165, 1.54) is 0 Å². The second-order valence-electron chi connectivity index (χ2n) is 5.65. The minimum atomic E-state index is -1.18. The number of nitrogens with zero attached hydrogens (tertiary/aromatic N) is 1. The van der Waals surface area contributed by atoms with E-state index in [2.05, 4.69) is 15.6 Å². The van der Waals surface area contributed by atoms with Crippen molar-refractivity contribution < 1.29 is 19.5 Å². The average Bonchev–Trinajstić information content (AvgIpc) is 2.48. The predicted octanol–water partition coefficient (Wildman–Crippen LogP) is -1.80. The van der Waals surface area contributed by atoms with Crippen LogP contribution in [0.5, 0.6) is 0 Å². The predicted molar refractivity (Wildman–Crippen MR) is 88.6 cm³/mol. The van der Waals surface area contributed by atoms with Gasteiger partial charge in [-0.3, -0.25) is 15.2 Å². The Labute approximate surface area is 140 Å². The van der Waals surface area contributed by atoms with Gasteiger partial charge in [-0.25, -0.2) is 15.4 Å². The number of hydrogen-bond acceptors (Lipinski definition) is 5.